The molecule has 0 spiro atoms. The quantitative estimate of drug-likeness (QED) is 0.637. The van der Waals surface area contributed by atoms with E-state index in [1.807, 2.05) is 0 Å². The van der Waals surface area contributed by atoms with E-state index < -0.39 is 24.6 Å². The van der Waals surface area contributed by atoms with Crippen molar-refractivity contribution in [1.29, 1.82) is 0 Å². The zero-order valence-corrected chi connectivity index (χ0v) is 12.4. The van der Waals surface area contributed by atoms with Gasteiger partial charge in [0.1, 0.15) is 25.1 Å². The Morgan fingerprint density at radius 1 is 1.09 bits per heavy atom. The molecule has 1 rings (SSSR count). The highest BCUT2D eigenvalue weighted by Crippen LogP contribution is 2.12. The van der Waals surface area contributed by atoms with Crippen LogP contribution < -0.4 is 4.74 Å². The van der Waals surface area contributed by atoms with Gasteiger partial charge >= 0.3 is 11.9 Å². The Labute approximate surface area is 128 Å². The Hall–Kier alpha value is -2.12. The van der Waals surface area contributed by atoms with Crippen LogP contribution in [0.3, 0.4) is 0 Å². The number of aliphatic hydroxyl groups excluding tert-OH is 2. The van der Waals surface area contributed by atoms with Gasteiger partial charge in [-0.15, -0.1) is 0 Å². The number of hydrogen-bond donors (Lipinski definition) is 2. The Morgan fingerprint density at radius 2 is 1.68 bits per heavy atom. The lowest BCUT2D eigenvalue weighted by molar-refractivity contribution is -0.153. The maximum atomic E-state index is 11.5. The molecule has 1 unspecified atom stereocenters. The zero-order chi connectivity index (χ0) is 16.4. The monoisotopic (exact) mass is 312 g/mol. The summed E-state index contributed by atoms with van der Waals surface area (Å²) in [4.78, 5) is 22.8. The smallest absolute Gasteiger partial charge is 0.306 e. The van der Waals surface area contributed by atoms with Crippen molar-refractivity contribution >= 4 is 11.9 Å². The molecule has 1 atom stereocenters. The number of rotatable bonds is 9. The fourth-order valence-corrected chi connectivity index (χ4v) is 1.48. The van der Waals surface area contributed by atoms with Crippen molar-refractivity contribution in [1.82, 2.24) is 0 Å². The van der Waals surface area contributed by atoms with Crippen LogP contribution in [0, 0.1) is 0 Å². The molecule has 7 nitrogen and oxygen atoms in total. The van der Waals surface area contributed by atoms with E-state index in [0.717, 1.165) is 5.56 Å². The minimum absolute atomic E-state index is 0.107. The molecule has 0 fully saturated rings. The van der Waals surface area contributed by atoms with Crippen molar-refractivity contribution in [3.8, 4) is 5.75 Å². The maximum Gasteiger partial charge on any atom is 0.306 e. The highest BCUT2D eigenvalue weighted by Gasteiger charge is 2.11. The van der Waals surface area contributed by atoms with Crippen LogP contribution in [0.1, 0.15) is 18.4 Å². The number of benzene rings is 1. The molecule has 22 heavy (non-hydrogen) atoms. The summed E-state index contributed by atoms with van der Waals surface area (Å²) in [6.07, 6.45) is -1.35. The van der Waals surface area contributed by atoms with Crippen LogP contribution in [0.25, 0.3) is 0 Å². The molecule has 0 heterocycles. The summed E-state index contributed by atoms with van der Waals surface area (Å²) >= 11 is 0. The van der Waals surface area contributed by atoms with E-state index in [4.69, 9.17) is 19.7 Å². The number of esters is 2. The molecule has 0 aromatic heterocycles. The van der Waals surface area contributed by atoms with E-state index in [9.17, 15) is 9.59 Å². The first-order chi connectivity index (χ1) is 10.5. The van der Waals surface area contributed by atoms with Crippen molar-refractivity contribution in [3.05, 3.63) is 29.8 Å². The van der Waals surface area contributed by atoms with Crippen molar-refractivity contribution < 1.29 is 34.0 Å². The highest BCUT2D eigenvalue weighted by atomic mass is 16.5. The first-order valence-electron chi connectivity index (χ1n) is 6.78. The van der Waals surface area contributed by atoms with E-state index in [0.29, 0.717) is 5.75 Å². The molecule has 2 N–H and O–H groups in total. The minimum atomic E-state index is -1.11. The number of hydrogen-bond acceptors (Lipinski definition) is 7. The Bertz CT molecular complexity index is 469. The van der Waals surface area contributed by atoms with Crippen molar-refractivity contribution in [2.45, 2.75) is 25.6 Å². The fourth-order valence-electron chi connectivity index (χ4n) is 1.48. The summed E-state index contributed by atoms with van der Waals surface area (Å²) in [7, 11) is 1.56. The topological polar surface area (TPSA) is 102 Å². The molecular weight excluding hydrogens is 292 g/mol. The summed E-state index contributed by atoms with van der Waals surface area (Å²) in [5.74, 6) is -0.438. The third-order valence-electron chi connectivity index (χ3n) is 2.74. The van der Waals surface area contributed by atoms with Gasteiger partial charge < -0.3 is 24.4 Å². The van der Waals surface area contributed by atoms with Gasteiger partial charge in [0.2, 0.25) is 0 Å². The van der Waals surface area contributed by atoms with Crippen molar-refractivity contribution in [3.63, 3.8) is 0 Å². The van der Waals surface area contributed by atoms with Crippen molar-refractivity contribution in [2.75, 3.05) is 20.3 Å². The van der Waals surface area contributed by atoms with Gasteiger partial charge in [-0.05, 0) is 17.7 Å². The third kappa shape index (κ3) is 7.05. The van der Waals surface area contributed by atoms with Gasteiger partial charge in [0.15, 0.2) is 0 Å². The normalized spacial score (nSPS) is 11.6. The lowest BCUT2D eigenvalue weighted by atomic mass is 10.2. The van der Waals surface area contributed by atoms with Crippen LogP contribution in [-0.4, -0.2) is 48.6 Å². The Morgan fingerprint density at radius 3 is 2.23 bits per heavy atom. The largest absolute Gasteiger partial charge is 0.497 e. The number of carbonyl (C=O) groups excluding carboxylic acids is 2. The van der Waals surface area contributed by atoms with Gasteiger partial charge in [0.05, 0.1) is 26.6 Å². The summed E-state index contributed by atoms with van der Waals surface area (Å²) in [6.45, 7) is -0.672. The standard InChI is InChI=1S/C15H20O7/c1-20-13-4-2-11(3-5-13)9-21-14(18)6-7-15(19)22-10-12(17)8-16/h2-5,12,16-17H,6-10H2,1H3. The second-order valence-corrected chi connectivity index (χ2v) is 4.53. The fraction of sp³-hybridized carbons (Fsp3) is 0.467. The summed E-state index contributed by atoms with van der Waals surface area (Å²) < 4.78 is 14.7. The molecule has 0 aliphatic rings. The molecule has 122 valence electrons. The zero-order valence-electron chi connectivity index (χ0n) is 12.4. The van der Waals surface area contributed by atoms with Crippen LogP contribution in [-0.2, 0) is 25.7 Å². The van der Waals surface area contributed by atoms with Gasteiger partial charge in [-0.25, -0.2) is 0 Å². The second kappa shape index (κ2) is 9.75. The van der Waals surface area contributed by atoms with Gasteiger partial charge in [0, 0.05) is 0 Å². The number of ether oxygens (including phenoxy) is 3. The minimum Gasteiger partial charge on any atom is -0.497 e. The predicted octanol–water partition coefficient (Wildman–Crippen LogP) is 0.415. The van der Waals surface area contributed by atoms with E-state index >= 15 is 0 Å². The van der Waals surface area contributed by atoms with E-state index in [1.54, 1.807) is 31.4 Å². The SMILES string of the molecule is COc1ccc(COC(=O)CCC(=O)OCC(O)CO)cc1. The molecule has 0 aliphatic carbocycles. The lowest BCUT2D eigenvalue weighted by Gasteiger charge is -2.08. The summed E-state index contributed by atoms with van der Waals surface area (Å²) in [5, 5.41) is 17.6. The first-order valence-corrected chi connectivity index (χ1v) is 6.78. The predicted molar refractivity (Wildman–Crippen MR) is 76.1 cm³/mol. The average molecular weight is 312 g/mol. The Kier molecular flexibility index (Phi) is 7.95. The highest BCUT2D eigenvalue weighted by molar-refractivity contribution is 5.77. The van der Waals surface area contributed by atoms with Gasteiger partial charge in [0.25, 0.3) is 0 Å². The molecular formula is C15H20O7. The van der Waals surface area contributed by atoms with E-state index in [1.165, 1.54) is 0 Å². The van der Waals surface area contributed by atoms with E-state index in [-0.39, 0.29) is 26.1 Å². The first kappa shape index (κ1) is 17.9. The molecule has 1 aromatic rings. The summed E-state index contributed by atoms with van der Waals surface area (Å²) in [6, 6.07) is 7.06. The molecule has 0 saturated carbocycles. The van der Waals surface area contributed by atoms with Gasteiger partial charge in [-0.1, -0.05) is 12.1 Å². The second-order valence-electron chi connectivity index (χ2n) is 4.53. The van der Waals surface area contributed by atoms with E-state index in [2.05, 4.69) is 4.74 Å². The molecule has 0 bridgehead atoms. The number of carbonyl (C=O) groups is 2. The van der Waals surface area contributed by atoms with Gasteiger partial charge in [-0.3, -0.25) is 9.59 Å². The molecule has 0 aliphatic heterocycles. The van der Waals surface area contributed by atoms with Crippen molar-refractivity contribution in [2.24, 2.45) is 0 Å². The van der Waals surface area contributed by atoms with Crippen LogP contribution in [0.5, 0.6) is 5.75 Å². The van der Waals surface area contributed by atoms with Crippen LogP contribution in [0.4, 0.5) is 0 Å². The third-order valence-corrected chi connectivity index (χ3v) is 2.74. The molecule has 0 amide bonds. The molecule has 7 heteroatoms. The lowest BCUT2D eigenvalue weighted by Crippen LogP contribution is -2.22. The number of aliphatic hydroxyl groups is 2. The van der Waals surface area contributed by atoms with Crippen LogP contribution in [0.2, 0.25) is 0 Å². The van der Waals surface area contributed by atoms with Crippen LogP contribution in [0.15, 0.2) is 24.3 Å². The van der Waals surface area contributed by atoms with Crippen LogP contribution >= 0.6 is 0 Å². The Balaban J connectivity index is 2.21. The molecule has 0 saturated heterocycles. The van der Waals surface area contributed by atoms with Gasteiger partial charge in [-0.2, -0.15) is 0 Å². The maximum absolute atomic E-state index is 11.5. The summed E-state index contributed by atoms with van der Waals surface area (Å²) in [5.41, 5.74) is 0.808. The molecule has 0 radical (unpaired) electrons. The average Bonchev–Trinajstić information content (AvgIpc) is 2.56. The molecule has 1 aromatic carbocycles. The number of methoxy groups -OCH3 is 1.